The third-order valence-electron chi connectivity index (χ3n) is 5.77. The smallest absolute Gasteiger partial charge is 0.416 e. The maximum absolute atomic E-state index is 13.6. The van der Waals surface area contributed by atoms with Crippen molar-refractivity contribution < 1.29 is 27.1 Å². The molecule has 0 aliphatic carbocycles. The van der Waals surface area contributed by atoms with Crippen LogP contribution in [0.15, 0.2) is 80.4 Å². The molecule has 1 aromatic heterocycles. The van der Waals surface area contributed by atoms with Crippen LogP contribution in [0.1, 0.15) is 40.2 Å². The molecule has 0 bridgehead atoms. The van der Waals surface area contributed by atoms with Crippen molar-refractivity contribution in [3.8, 4) is 5.75 Å². The van der Waals surface area contributed by atoms with Gasteiger partial charge in [-0.25, -0.2) is 0 Å². The second-order valence-corrected chi connectivity index (χ2v) is 8.86. The molecule has 0 saturated heterocycles. The third kappa shape index (κ3) is 3.99. The maximum atomic E-state index is 13.6. The van der Waals surface area contributed by atoms with Crippen LogP contribution in [0, 0.1) is 0 Å². The molecule has 0 N–H and O–H groups in total. The van der Waals surface area contributed by atoms with Gasteiger partial charge in [-0.05, 0) is 61.0 Å². The van der Waals surface area contributed by atoms with Crippen LogP contribution in [0.5, 0.6) is 5.75 Å². The summed E-state index contributed by atoms with van der Waals surface area (Å²) in [5, 5.41) is 0.253. The number of fused-ring (bicyclic) bond motifs is 2. The van der Waals surface area contributed by atoms with Gasteiger partial charge < -0.3 is 9.15 Å². The summed E-state index contributed by atoms with van der Waals surface area (Å²) in [5.74, 6) is -0.398. The van der Waals surface area contributed by atoms with Crippen LogP contribution in [-0.2, 0) is 6.18 Å². The summed E-state index contributed by atoms with van der Waals surface area (Å²) in [6.45, 7) is 2.20. The van der Waals surface area contributed by atoms with E-state index in [1.165, 1.54) is 17.0 Å². The molecule has 1 aliphatic heterocycles. The quantitative estimate of drug-likeness (QED) is 0.286. The van der Waals surface area contributed by atoms with Crippen molar-refractivity contribution in [2.75, 3.05) is 11.5 Å². The standard InChI is InChI=1S/C26H17BrF3NO4/c1-2-34-18-8-3-5-14(11-18)22-21-23(32)19-13-16(27)9-10-20(19)35-24(21)25(33)31(22)17-7-4-6-15(12-17)26(28,29)30/h3-13,22H,2H2,1H3. The van der Waals surface area contributed by atoms with Crippen LogP contribution in [0.25, 0.3) is 11.0 Å². The fraction of sp³-hybridized carbons (Fsp3) is 0.154. The Balaban J connectivity index is 1.79. The summed E-state index contributed by atoms with van der Waals surface area (Å²) >= 11 is 3.34. The number of alkyl halides is 3. The van der Waals surface area contributed by atoms with Gasteiger partial charge in [0.15, 0.2) is 5.43 Å². The molecule has 1 atom stereocenters. The molecule has 0 fully saturated rings. The molecule has 5 nitrogen and oxygen atoms in total. The van der Waals surface area contributed by atoms with E-state index in [9.17, 15) is 22.8 Å². The van der Waals surface area contributed by atoms with Gasteiger partial charge in [-0.15, -0.1) is 0 Å². The number of carbonyl (C=O) groups is 1. The molecule has 1 aliphatic rings. The molecule has 4 aromatic rings. The Bertz CT molecular complexity index is 1530. The minimum atomic E-state index is -4.61. The van der Waals surface area contributed by atoms with E-state index >= 15 is 0 Å². The lowest BCUT2D eigenvalue weighted by molar-refractivity contribution is -0.137. The van der Waals surface area contributed by atoms with E-state index in [0.717, 1.165) is 12.1 Å². The SMILES string of the molecule is CCOc1cccc(C2c3c(oc4ccc(Br)cc4c3=O)C(=O)N2c2cccc(C(F)(F)F)c2)c1. The highest BCUT2D eigenvalue weighted by Gasteiger charge is 2.44. The van der Waals surface area contributed by atoms with Gasteiger partial charge >= 0.3 is 6.18 Å². The van der Waals surface area contributed by atoms with Gasteiger partial charge in [0.1, 0.15) is 11.3 Å². The molecule has 2 heterocycles. The van der Waals surface area contributed by atoms with E-state index in [-0.39, 0.29) is 28.0 Å². The van der Waals surface area contributed by atoms with Crippen LogP contribution < -0.4 is 15.1 Å². The first-order chi connectivity index (χ1) is 16.7. The second kappa shape index (κ2) is 8.57. The highest BCUT2D eigenvalue weighted by atomic mass is 79.9. The Hall–Kier alpha value is -3.59. The molecule has 5 rings (SSSR count). The highest BCUT2D eigenvalue weighted by molar-refractivity contribution is 9.10. The van der Waals surface area contributed by atoms with Crippen LogP contribution >= 0.6 is 15.9 Å². The second-order valence-electron chi connectivity index (χ2n) is 7.95. The summed E-state index contributed by atoms with van der Waals surface area (Å²) in [7, 11) is 0. The summed E-state index contributed by atoms with van der Waals surface area (Å²) < 4.78 is 52.5. The number of carbonyl (C=O) groups excluding carboxylic acids is 1. The molecule has 35 heavy (non-hydrogen) atoms. The molecule has 0 saturated carbocycles. The Labute approximate surface area is 205 Å². The summed E-state index contributed by atoms with van der Waals surface area (Å²) in [4.78, 5) is 28.4. The zero-order chi connectivity index (χ0) is 24.9. The van der Waals surface area contributed by atoms with Gasteiger partial charge in [0.05, 0.1) is 29.2 Å². The van der Waals surface area contributed by atoms with Gasteiger partial charge in [-0.3, -0.25) is 14.5 Å². The largest absolute Gasteiger partial charge is 0.494 e. The number of nitrogens with zero attached hydrogens (tertiary/aromatic N) is 1. The van der Waals surface area contributed by atoms with E-state index in [0.29, 0.717) is 22.4 Å². The van der Waals surface area contributed by atoms with E-state index in [2.05, 4.69) is 15.9 Å². The van der Waals surface area contributed by atoms with E-state index in [4.69, 9.17) is 9.15 Å². The van der Waals surface area contributed by atoms with Gasteiger partial charge in [-0.2, -0.15) is 13.2 Å². The van der Waals surface area contributed by atoms with Crippen molar-refractivity contribution in [3.63, 3.8) is 0 Å². The highest BCUT2D eigenvalue weighted by Crippen LogP contribution is 2.43. The topological polar surface area (TPSA) is 59.8 Å². The number of benzene rings is 3. The zero-order valence-electron chi connectivity index (χ0n) is 18.2. The molecule has 9 heteroatoms. The number of ether oxygens (including phenoxy) is 1. The zero-order valence-corrected chi connectivity index (χ0v) is 19.8. The molecule has 3 aromatic carbocycles. The first kappa shape index (κ1) is 23.2. The summed E-state index contributed by atoms with van der Waals surface area (Å²) in [6, 6.07) is 15.0. The Kier molecular flexibility index (Phi) is 5.67. The Morgan fingerprint density at radius 3 is 2.54 bits per heavy atom. The fourth-order valence-electron chi connectivity index (χ4n) is 4.30. The normalized spacial score (nSPS) is 15.5. The first-order valence-electron chi connectivity index (χ1n) is 10.7. The number of rotatable bonds is 4. The summed E-state index contributed by atoms with van der Waals surface area (Å²) in [5.41, 5.74) is -0.578. The van der Waals surface area contributed by atoms with Crippen molar-refractivity contribution in [1.82, 2.24) is 0 Å². The van der Waals surface area contributed by atoms with Crippen molar-refractivity contribution in [2.45, 2.75) is 19.1 Å². The molecule has 178 valence electrons. The Morgan fingerprint density at radius 1 is 1.03 bits per heavy atom. The lowest BCUT2D eigenvalue weighted by Gasteiger charge is -2.26. The predicted octanol–water partition coefficient (Wildman–Crippen LogP) is 6.72. The molecular weight excluding hydrogens is 527 g/mol. The lowest BCUT2D eigenvalue weighted by atomic mass is 9.98. The molecule has 1 amide bonds. The van der Waals surface area contributed by atoms with E-state index in [1.807, 2.05) is 6.92 Å². The predicted molar refractivity (Wildman–Crippen MR) is 128 cm³/mol. The first-order valence-corrected chi connectivity index (χ1v) is 11.5. The van der Waals surface area contributed by atoms with Crippen LogP contribution in [0.2, 0.25) is 0 Å². The maximum Gasteiger partial charge on any atom is 0.416 e. The lowest BCUT2D eigenvalue weighted by Crippen LogP contribution is -2.29. The van der Waals surface area contributed by atoms with Crippen molar-refractivity contribution in [2.24, 2.45) is 0 Å². The van der Waals surface area contributed by atoms with Crippen LogP contribution in [-0.4, -0.2) is 12.5 Å². The number of halogens is 4. The molecule has 0 spiro atoms. The van der Waals surface area contributed by atoms with Gasteiger partial charge in [0.2, 0.25) is 5.76 Å². The summed E-state index contributed by atoms with van der Waals surface area (Å²) in [6.07, 6.45) is -4.61. The van der Waals surface area contributed by atoms with Crippen molar-refractivity contribution in [1.29, 1.82) is 0 Å². The minimum Gasteiger partial charge on any atom is -0.494 e. The number of amides is 1. The third-order valence-corrected chi connectivity index (χ3v) is 6.26. The van der Waals surface area contributed by atoms with Gasteiger partial charge in [0.25, 0.3) is 5.91 Å². The monoisotopic (exact) mass is 543 g/mol. The number of hydrogen-bond donors (Lipinski definition) is 0. The average molecular weight is 544 g/mol. The van der Waals surface area contributed by atoms with Crippen molar-refractivity contribution >= 4 is 38.5 Å². The minimum absolute atomic E-state index is 0.00678. The van der Waals surface area contributed by atoms with Crippen LogP contribution in [0.3, 0.4) is 0 Å². The van der Waals surface area contributed by atoms with Gasteiger partial charge in [0, 0.05) is 10.2 Å². The molecular formula is C26H17BrF3NO4. The van der Waals surface area contributed by atoms with Crippen molar-refractivity contribution in [3.05, 3.63) is 104 Å². The Morgan fingerprint density at radius 2 is 1.80 bits per heavy atom. The van der Waals surface area contributed by atoms with E-state index < -0.39 is 29.1 Å². The number of hydrogen-bond acceptors (Lipinski definition) is 4. The van der Waals surface area contributed by atoms with Gasteiger partial charge in [-0.1, -0.05) is 34.1 Å². The number of anilines is 1. The molecule has 1 unspecified atom stereocenters. The average Bonchev–Trinajstić information content (AvgIpc) is 3.12. The van der Waals surface area contributed by atoms with Crippen LogP contribution in [0.4, 0.5) is 18.9 Å². The fourth-order valence-corrected chi connectivity index (χ4v) is 4.66. The van der Waals surface area contributed by atoms with E-state index in [1.54, 1.807) is 42.5 Å². The molecule has 0 radical (unpaired) electrons.